The first kappa shape index (κ1) is 13.8. The normalized spacial score (nSPS) is 19.1. The molecule has 1 aliphatic heterocycles. The van der Waals surface area contributed by atoms with Crippen LogP contribution in [0.1, 0.15) is 44.7 Å². The molecule has 1 atom stereocenters. The Balaban J connectivity index is 1.91. The summed E-state index contributed by atoms with van der Waals surface area (Å²) in [7, 11) is 0. The highest BCUT2D eigenvalue weighted by molar-refractivity contribution is 5.66. The summed E-state index contributed by atoms with van der Waals surface area (Å²) in [4.78, 5) is 12.8. The number of hydrogen-bond acceptors (Lipinski definition) is 4. The quantitative estimate of drug-likeness (QED) is 0.883. The zero-order valence-corrected chi connectivity index (χ0v) is 11.5. The third kappa shape index (κ3) is 3.66. The van der Waals surface area contributed by atoms with Gasteiger partial charge in [0.05, 0.1) is 5.69 Å². The molecular weight excluding hydrogens is 242 g/mol. The van der Waals surface area contributed by atoms with Gasteiger partial charge in [-0.25, -0.2) is 0 Å². The first-order valence-corrected chi connectivity index (χ1v) is 6.86. The summed E-state index contributed by atoms with van der Waals surface area (Å²) in [5.74, 6) is 1.05. The molecule has 0 amide bonds. The Bertz CT molecular complexity index is 431. The van der Waals surface area contributed by atoms with Crippen LogP contribution in [0.15, 0.2) is 12.1 Å². The molecule has 0 bridgehead atoms. The van der Waals surface area contributed by atoms with Crippen LogP contribution in [0.25, 0.3) is 0 Å². The van der Waals surface area contributed by atoms with Crippen molar-refractivity contribution in [3.05, 3.63) is 17.8 Å². The van der Waals surface area contributed by atoms with Crippen LogP contribution in [-0.4, -0.2) is 34.4 Å². The van der Waals surface area contributed by atoms with E-state index in [0.29, 0.717) is 11.8 Å². The molecule has 1 fully saturated rings. The number of nitrogens with zero attached hydrogens (tertiary/aromatic N) is 3. The summed E-state index contributed by atoms with van der Waals surface area (Å²) >= 11 is 0. The predicted octanol–water partition coefficient (Wildman–Crippen LogP) is 2.29. The van der Waals surface area contributed by atoms with Gasteiger partial charge in [-0.15, -0.1) is 5.10 Å². The zero-order chi connectivity index (χ0) is 13.8. The van der Waals surface area contributed by atoms with Crippen molar-refractivity contribution in [3.63, 3.8) is 0 Å². The third-order valence-corrected chi connectivity index (χ3v) is 3.64. The highest BCUT2D eigenvalue weighted by Crippen LogP contribution is 2.25. The minimum absolute atomic E-state index is 0.260. The fourth-order valence-electron chi connectivity index (χ4n) is 2.42. The number of carboxylic acid groups (broad SMARTS) is 1. The second-order valence-electron chi connectivity index (χ2n) is 5.50. The maximum atomic E-state index is 10.6. The SMILES string of the molecule is CC(C)c1ccc(N2CCC(CCC(=O)O)C2)nn1. The molecular formula is C14H21N3O2. The molecule has 1 aliphatic rings. The van der Waals surface area contributed by atoms with E-state index < -0.39 is 5.97 Å². The fraction of sp³-hybridized carbons (Fsp3) is 0.643. The molecule has 1 aromatic heterocycles. The second kappa shape index (κ2) is 5.99. The molecule has 2 rings (SSSR count). The Kier molecular flexibility index (Phi) is 4.35. The number of rotatable bonds is 5. The van der Waals surface area contributed by atoms with E-state index in [4.69, 9.17) is 5.11 Å². The van der Waals surface area contributed by atoms with Gasteiger partial charge < -0.3 is 10.0 Å². The summed E-state index contributed by atoms with van der Waals surface area (Å²) in [6, 6.07) is 4.04. The lowest BCUT2D eigenvalue weighted by atomic mass is 10.0. The smallest absolute Gasteiger partial charge is 0.303 e. The molecule has 1 saturated heterocycles. The molecule has 0 spiro atoms. The lowest BCUT2D eigenvalue weighted by Gasteiger charge is -2.17. The first-order chi connectivity index (χ1) is 9.06. The maximum Gasteiger partial charge on any atom is 0.303 e. The number of carboxylic acids is 1. The van der Waals surface area contributed by atoms with Crippen LogP contribution in [0.3, 0.4) is 0 Å². The van der Waals surface area contributed by atoms with E-state index in [1.807, 2.05) is 12.1 Å². The molecule has 2 heterocycles. The highest BCUT2D eigenvalue weighted by atomic mass is 16.4. The van der Waals surface area contributed by atoms with E-state index in [1.54, 1.807) is 0 Å². The van der Waals surface area contributed by atoms with Crippen molar-refractivity contribution >= 4 is 11.8 Å². The Hall–Kier alpha value is -1.65. The molecule has 104 valence electrons. The molecule has 0 saturated carbocycles. The monoisotopic (exact) mass is 263 g/mol. The number of aromatic nitrogens is 2. The van der Waals surface area contributed by atoms with Crippen molar-refractivity contribution in [1.82, 2.24) is 10.2 Å². The molecule has 1 N–H and O–H groups in total. The van der Waals surface area contributed by atoms with Gasteiger partial charge in [0.1, 0.15) is 0 Å². The molecule has 1 aromatic rings. The molecule has 0 aromatic carbocycles. The van der Waals surface area contributed by atoms with Crippen LogP contribution in [0.4, 0.5) is 5.82 Å². The van der Waals surface area contributed by atoms with Crippen LogP contribution in [-0.2, 0) is 4.79 Å². The molecule has 1 unspecified atom stereocenters. The van der Waals surface area contributed by atoms with Crippen molar-refractivity contribution < 1.29 is 9.90 Å². The lowest BCUT2D eigenvalue weighted by Crippen LogP contribution is -2.21. The Morgan fingerprint density at radius 1 is 1.47 bits per heavy atom. The Morgan fingerprint density at radius 2 is 2.26 bits per heavy atom. The number of aliphatic carboxylic acids is 1. The minimum Gasteiger partial charge on any atom is -0.481 e. The third-order valence-electron chi connectivity index (χ3n) is 3.64. The van der Waals surface area contributed by atoms with Gasteiger partial charge in [0.2, 0.25) is 0 Å². The zero-order valence-electron chi connectivity index (χ0n) is 11.5. The Morgan fingerprint density at radius 3 is 2.84 bits per heavy atom. The molecule has 5 nitrogen and oxygen atoms in total. The van der Waals surface area contributed by atoms with Crippen molar-refractivity contribution in [2.75, 3.05) is 18.0 Å². The van der Waals surface area contributed by atoms with Crippen molar-refractivity contribution in [2.45, 2.75) is 39.0 Å². The van der Waals surface area contributed by atoms with Gasteiger partial charge in [-0.3, -0.25) is 4.79 Å². The van der Waals surface area contributed by atoms with Gasteiger partial charge in [-0.2, -0.15) is 5.10 Å². The van der Waals surface area contributed by atoms with E-state index in [0.717, 1.165) is 37.4 Å². The summed E-state index contributed by atoms with van der Waals surface area (Å²) in [5.41, 5.74) is 1.00. The van der Waals surface area contributed by atoms with E-state index in [-0.39, 0.29) is 6.42 Å². The van der Waals surface area contributed by atoms with E-state index >= 15 is 0 Å². The van der Waals surface area contributed by atoms with Gasteiger partial charge in [0.25, 0.3) is 0 Å². The summed E-state index contributed by atoms with van der Waals surface area (Å²) < 4.78 is 0. The van der Waals surface area contributed by atoms with Crippen LogP contribution < -0.4 is 4.90 Å². The van der Waals surface area contributed by atoms with Gasteiger partial charge in [0.15, 0.2) is 5.82 Å². The molecule has 5 heteroatoms. The van der Waals surface area contributed by atoms with Gasteiger partial charge in [-0.05, 0) is 36.8 Å². The van der Waals surface area contributed by atoms with Crippen LogP contribution >= 0.6 is 0 Å². The van der Waals surface area contributed by atoms with E-state index in [1.165, 1.54) is 0 Å². The van der Waals surface area contributed by atoms with Crippen molar-refractivity contribution in [1.29, 1.82) is 0 Å². The fourth-order valence-corrected chi connectivity index (χ4v) is 2.42. The second-order valence-corrected chi connectivity index (χ2v) is 5.50. The standard InChI is InChI=1S/C14H21N3O2/c1-10(2)12-4-5-13(16-15-12)17-8-7-11(9-17)3-6-14(18)19/h4-5,10-11H,3,6-9H2,1-2H3,(H,18,19). The van der Waals surface area contributed by atoms with Crippen molar-refractivity contribution in [2.24, 2.45) is 5.92 Å². The van der Waals surface area contributed by atoms with Crippen LogP contribution in [0, 0.1) is 5.92 Å². The summed E-state index contributed by atoms with van der Waals surface area (Å²) in [6.07, 6.45) is 2.06. The van der Waals surface area contributed by atoms with Gasteiger partial charge in [0, 0.05) is 19.5 Å². The summed E-state index contributed by atoms with van der Waals surface area (Å²) in [6.45, 7) is 6.03. The Labute approximate surface area is 113 Å². The van der Waals surface area contributed by atoms with Crippen molar-refractivity contribution in [3.8, 4) is 0 Å². The average molecular weight is 263 g/mol. The number of hydrogen-bond donors (Lipinski definition) is 1. The van der Waals surface area contributed by atoms with Gasteiger partial charge in [-0.1, -0.05) is 13.8 Å². The van der Waals surface area contributed by atoms with Crippen LogP contribution in [0.2, 0.25) is 0 Å². The maximum absolute atomic E-state index is 10.6. The minimum atomic E-state index is -0.709. The first-order valence-electron chi connectivity index (χ1n) is 6.86. The van der Waals surface area contributed by atoms with Crippen LogP contribution in [0.5, 0.6) is 0 Å². The highest BCUT2D eigenvalue weighted by Gasteiger charge is 2.24. The largest absolute Gasteiger partial charge is 0.481 e. The predicted molar refractivity (Wildman–Crippen MR) is 73.3 cm³/mol. The lowest BCUT2D eigenvalue weighted by molar-refractivity contribution is -0.137. The molecule has 19 heavy (non-hydrogen) atoms. The van der Waals surface area contributed by atoms with E-state index in [9.17, 15) is 4.79 Å². The van der Waals surface area contributed by atoms with E-state index in [2.05, 4.69) is 28.9 Å². The molecule has 0 radical (unpaired) electrons. The molecule has 0 aliphatic carbocycles. The van der Waals surface area contributed by atoms with Gasteiger partial charge >= 0.3 is 5.97 Å². The number of anilines is 1. The topological polar surface area (TPSA) is 66.3 Å². The average Bonchev–Trinajstić information content (AvgIpc) is 2.85. The summed E-state index contributed by atoms with van der Waals surface area (Å²) in [5, 5.41) is 17.2. The number of carbonyl (C=O) groups is 1.